The molecular formula is C14H10BrClFNO2. The number of hydrogen-bond acceptors (Lipinski definition) is 3. The van der Waals surface area contributed by atoms with Crippen molar-refractivity contribution in [3.05, 3.63) is 62.8 Å². The molecule has 20 heavy (non-hydrogen) atoms. The van der Waals surface area contributed by atoms with Gasteiger partial charge in [0, 0.05) is 5.69 Å². The Labute approximate surface area is 128 Å². The molecule has 0 aliphatic heterocycles. The molecule has 3 nitrogen and oxygen atoms in total. The van der Waals surface area contributed by atoms with Crippen LogP contribution >= 0.6 is 27.5 Å². The van der Waals surface area contributed by atoms with Gasteiger partial charge in [-0.25, -0.2) is 9.18 Å². The lowest BCUT2D eigenvalue weighted by molar-refractivity contribution is 0.0473. The van der Waals surface area contributed by atoms with E-state index < -0.39 is 5.97 Å². The summed E-state index contributed by atoms with van der Waals surface area (Å²) in [5.41, 5.74) is 6.92. The summed E-state index contributed by atoms with van der Waals surface area (Å²) in [5.74, 6) is -0.933. The lowest BCUT2D eigenvalue weighted by Gasteiger charge is -2.07. The molecule has 0 unspecified atom stereocenters. The molecule has 6 heteroatoms. The molecule has 0 aliphatic carbocycles. The third kappa shape index (κ3) is 3.49. The Bertz CT molecular complexity index is 664. The van der Waals surface area contributed by atoms with Gasteiger partial charge in [0.1, 0.15) is 12.4 Å². The second-order valence-corrected chi connectivity index (χ2v) is 5.33. The van der Waals surface area contributed by atoms with E-state index in [1.807, 2.05) is 0 Å². The maximum Gasteiger partial charge on any atom is 0.339 e. The summed E-state index contributed by atoms with van der Waals surface area (Å²) in [4.78, 5) is 11.9. The van der Waals surface area contributed by atoms with Crippen molar-refractivity contribution in [1.29, 1.82) is 0 Å². The van der Waals surface area contributed by atoms with E-state index in [4.69, 9.17) is 22.1 Å². The van der Waals surface area contributed by atoms with Crippen LogP contribution in [0.1, 0.15) is 15.9 Å². The Morgan fingerprint density at radius 1 is 1.30 bits per heavy atom. The molecule has 0 heterocycles. The highest BCUT2D eigenvalue weighted by molar-refractivity contribution is 9.10. The molecule has 2 rings (SSSR count). The minimum absolute atomic E-state index is 0.0262. The lowest BCUT2D eigenvalue weighted by atomic mass is 10.2. The molecule has 0 saturated carbocycles. The van der Waals surface area contributed by atoms with Gasteiger partial charge in [-0.15, -0.1) is 0 Å². The number of benzene rings is 2. The zero-order valence-electron chi connectivity index (χ0n) is 10.2. The number of hydrogen-bond donors (Lipinski definition) is 1. The van der Waals surface area contributed by atoms with E-state index in [0.717, 1.165) is 0 Å². The van der Waals surface area contributed by atoms with Crippen molar-refractivity contribution < 1.29 is 13.9 Å². The number of carbonyl (C=O) groups excluding carboxylic acids is 1. The summed E-state index contributed by atoms with van der Waals surface area (Å²) < 4.78 is 18.5. The average molecular weight is 359 g/mol. The van der Waals surface area contributed by atoms with Crippen LogP contribution in [0.4, 0.5) is 10.1 Å². The number of anilines is 1. The maximum atomic E-state index is 13.1. The van der Waals surface area contributed by atoms with Crippen LogP contribution in [0.2, 0.25) is 5.02 Å². The van der Waals surface area contributed by atoms with Gasteiger partial charge in [-0.2, -0.15) is 0 Å². The van der Waals surface area contributed by atoms with Crippen molar-refractivity contribution in [2.45, 2.75) is 6.61 Å². The summed E-state index contributed by atoms with van der Waals surface area (Å²) in [5, 5.41) is 0.232. The van der Waals surface area contributed by atoms with Crippen LogP contribution in [0, 0.1) is 5.82 Å². The summed E-state index contributed by atoms with van der Waals surface area (Å²) in [6, 6.07) is 8.93. The van der Waals surface area contributed by atoms with E-state index in [-0.39, 0.29) is 23.0 Å². The number of nitrogen functional groups attached to an aromatic ring is 1. The molecule has 2 aromatic rings. The molecule has 2 aromatic carbocycles. The standard InChI is InChI=1S/C14H10BrClFNO2/c15-11-5-8(1-4-13(11)17)7-20-14(19)10-3-2-9(18)6-12(10)16/h1-6H,7,18H2. The zero-order valence-corrected chi connectivity index (χ0v) is 12.5. The van der Waals surface area contributed by atoms with Crippen molar-refractivity contribution in [3.63, 3.8) is 0 Å². The quantitative estimate of drug-likeness (QED) is 0.661. The second-order valence-electron chi connectivity index (χ2n) is 4.06. The highest BCUT2D eigenvalue weighted by atomic mass is 79.9. The molecule has 104 valence electrons. The summed E-state index contributed by atoms with van der Waals surface area (Å²) in [7, 11) is 0. The predicted molar refractivity (Wildman–Crippen MR) is 79.1 cm³/mol. The Hall–Kier alpha value is -1.59. The van der Waals surface area contributed by atoms with Gasteiger partial charge in [0.25, 0.3) is 0 Å². The second kappa shape index (κ2) is 6.24. The van der Waals surface area contributed by atoms with Crippen LogP contribution in [0.5, 0.6) is 0 Å². The molecule has 0 aliphatic rings. The minimum atomic E-state index is -0.560. The van der Waals surface area contributed by atoms with E-state index in [2.05, 4.69) is 15.9 Å². The Kier molecular flexibility index (Phi) is 4.62. The fourth-order valence-electron chi connectivity index (χ4n) is 1.55. The number of esters is 1. The van der Waals surface area contributed by atoms with Crippen molar-refractivity contribution in [3.8, 4) is 0 Å². The SMILES string of the molecule is Nc1ccc(C(=O)OCc2ccc(F)c(Br)c2)c(Cl)c1. The van der Waals surface area contributed by atoms with E-state index in [0.29, 0.717) is 15.7 Å². The molecule has 0 bridgehead atoms. The topological polar surface area (TPSA) is 52.3 Å². The first kappa shape index (κ1) is 14.8. The average Bonchev–Trinajstić information content (AvgIpc) is 2.40. The molecule has 0 amide bonds. The third-order valence-corrected chi connectivity index (χ3v) is 3.49. The van der Waals surface area contributed by atoms with Crippen molar-refractivity contribution in [2.75, 3.05) is 5.73 Å². The van der Waals surface area contributed by atoms with Crippen LogP contribution in [0.3, 0.4) is 0 Å². The van der Waals surface area contributed by atoms with Gasteiger partial charge in [-0.05, 0) is 51.8 Å². The highest BCUT2D eigenvalue weighted by Gasteiger charge is 2.12. The molecule has 0 aromatic heterocycles. The zero-order chi connectivity index (χ0) is 14.7. The molecule has 2 N–H and O–H groups in total. The Morgan fingerprint density at radius 2 is 2.05 bits per heavy atom. The van der Waals surface area contributed by atoms with Crippen molar-refractivity contribution in [2.24, 2.45) is 0 Å². The van der Waals surface area contributed by atoms with Gasteiger partial charge in [-0.1, -0.05) is 17.7 Å². The first-order valence-electron chi connectivity index (χ1n) is 5.63. The van der Waals surface area contributed by atoms with Gasteiger partial charge in [-0.3, -0.25) is 0 Å². The van der Waals surface area contributed by atoms with Crippen LogP contribution < -0.4 is 5.73 Å². The largest absolute Gasteiger partial charge is 0.457 e. The summed E-state index contributed by atoms with van der Waals surface area (Å²) in [6.45, 7) is 0.0262. The lowest BCUT2D eigenvalue weighted by Crippen LogP contribution is -2.06. The molecule has 0 atom stereocenters. The van der Waals surface area contributed by atoms with Crippen LogP contribution in [0.25, 0.3) is 0 Å². The van der Waals surface area contributed by atoms with E-state index >= 15 is 0 Å². The van der Waals surface area contributed by atoms with Crippen LogP contribution in [0.15, 0.2) is 40.9 Å². The van der Waals surface area contributed by atoms with E-state index in [1.54, 1.807) is 12.1 Å². The van der Waals surface area contributed by atoms with Gasteiger partial charge >= 0.3 is 5.97 Å². The number of carbonyl (C=O) groups is 1. The van der Waals surface area contributed by atoms with Gasteiger partial charge in [0.15, 0.2) is 0 Å². The molecule has 0 spiro atoms. The first-order valence-corrected chi connectivity index (χ1v) is 6.80. The van der Waals surface area contributed by atoms with Crippen LogP contribution in [-0.4, -0.2) is 5.97 Å². The number of halogens is 3. The summed E-state index contributed by atoms with van der Waals surface area (Å²) in [6.07, 6.45) is 0. The predicted octanol–water partition coefficient (Wildman–Crippen LogP) is 4.18. The van der Waals surface area contributed by atoms with E-state index in [1.165, 1.54) is 24.3 Å². The monoisotopic (exact) mass is 357 g/mol. The molecular weight excluding hydrogens is 349 g/mol. The van der Waals surface area contributed by atoms with Crippen LogP contribution in [-0.2, 0) is 11.3 Å². The summed E-state index contributed by atoms with van der Waals surface area (Å²) >= 11 is 8.98. The smallest absolute Gasteiger partial charge is 0.339 e. The van der Waals surface area contributed by atoms with E-state index in [9.17, 15) is 9.18 Å². The normalized spacial score (nSPS) is 10.3. The molecule has 0 saturated heterocycles. The van der Waals surface area contributed by atoms with Gasteiger partial charge in [0.2, 0.25) is 0 Å². The highest BCUT2D eigenvalue weighted by Crippen LogP contribution is 2.21. The van der Waals surface area contributed by atoms with Crippen molar-refractivity contribution in [1.82, 2.24) is 0 Å². The molecule has 0 fully saturated rings. The third-order valence-electron chi connectivity index (χ3n) is 2.57. The Morgan fingerprint density at radius 3 is 2.70 bits per heavy atom. The van der Waals surface area contributed by atoms with Gasteiger partial charge < -0.3 is 10.5 Å². The maximum absolute atomic E-state index is 13.1. The molecule has 0 radical (unpaired) electrons. The number of rotatable bonds is 3. The van der Waals surface area contributed by atoms with Gasteiger partial charge in [0.05, 0.1) is 15.1 Å². The number of nitrogens with two attached hydrogens (primary N) is 1. The minimum Gasteiger partial charge on any atom is -0.457 e. The fraction of sp³-hybridized carbons (Fsp3) is 0.0714. The fourth-order valence-corrected chi connectivity index (χ4v) is 2.25. The first-order chi connectivity index (χ1) is 9.47. The Balaban J connectivity index is 2.06. The number of ether oxygens (including phenoxy) is 1. The van der Waals surface area contributed by atoms with Crippen molar-refractivity contribution >= 4 is 39.2 Å².